The lowest BCUT2D eigenvalue weighted by Crippen LogP contribution is -2.35. The van der Waals surface area contributed by atoms with Gasteiger partial charge in [-0.15, -0.1) is 0 Å². The van der Waals surface area contributed by atoms with Gasteiger partial charge in [-0.2, -0.15) is 0 Å². The van der Waals surface area contributed by atoms with E-state index in [1.807, 2.05) is 50.2 Å². The van der Waals surface area contributed by atoms with Gasteiger partial charge in [-0.1, -0.05) is 41.9 Å². The molecule has 3 aromatic carbocycles. The Balaban J connectivity index is 1.62. The van der Waals surface area contributed by atoms with E-state index in [-0.39, 0.29) is 24.3 Å². The van der Waals surface area contributed by atoms with Gasteiger partial charge in [0.1, 0.15) is 5.75 Å². The van der Waals surface area contributed by atoms with Crippen LogP contribution in [0.4, 0.5) is 5.69 Å². The minimum Gasteiger partial charge on any atom is -0.497 e. The van der Waals surface area contributed by atoms with Crippen molar-refractivity contribution in [2.75, 3.05) is 19.0 Å². The normalized spacial score (nSPS) is 11.7. The van der Waals surface area contributed by atoms with Crippen molar-refractivity contribution in [3.63, 3.8) is 0 Å². The van der Waals surface area contributed by atoms with Crippen LogP contribution in [0, 0.1) is 6.92 Å². The molecular formula is C23H23ClN2O3. The SMILES string of the molecule is COc1ccc2cc([C@H](C)C(=O)NCC(=O)Nc3cccc(Cl)c3C)ccc2c1. The Labute approximate surface area is 175 Å². The highest BCUT2D eigenvalue weighted by Crippen LogP contribution is 2.25. The van der Waals surface area contributed by atoms with Crippen LogP contribution < -0.4 is 15.4 Å². The zero-order valence-electron chi connectivity index (χ0n) is 16.6. The van der Waals surface area contributed by atoms with Gasteiger partial charge >= 0.3 is 0 Å². The maximum absolute atomic E-state index is 12.5. The summed E-state index contributed by atoms with van der Waals surface area (Å²) in [5.74, 6) is -0.114. The van der Waals surface area contributed by atoms with Crippen LogP contribution in [0.1, 0.15) is 24.0 Å². The smallest absolute Gasteiger partial charge is 0.243 e. The van der Waals surface area contributed by atoms with Crippen LogP contribution in [0.5, 0.6) is 5.75 Å². The number of hydrogen-bond acceptors (Lipinski definition) is 3. The average molecular weight is 411 g/mol. The summed E-state index contributed by atoms with van der Waals surface area (Å²) in [6, 6.07) is 17.0. The summed E-state index contributed by atoms with van der Waals surface area (Å²) in [4.78, 5) is 24.7. The Bertz CT molecular complexity index is 1070. The number of hydrogen-bond donors (Lipinski definition) is 2. The number of methoxy groups -OCH3 is 1. The first kappa shape index (κ1) is 20.7. The lowest BCUT2D eigenvalue weighted by Gasteiger charge is -2.14. The van der Waals surface area contributed by atoms with Gasteiger partial charge in [0.05, 0.1) is 19.6 Å². The average Bonchev–Trinajstić information content (AvgIpc) is 2.74. The summed E-state index contributed by atoms with van der Waals surface area (Å²) in [7, 11) is 1.63. The minimum absolute atomic E-state index is 0.111. The molecular weight excluding hydrogens is 388 g/mol. The van der Waals surface area contributed by atoms with Gasteiger partial charge < -0.3 is 15.4 Å². The highest BCUT2D eigenvalue weighted by molar-refractivity contribution is 6.31. The Hall–Kier alpha value is -3.05. The zero-order chi connectivity index (χ0) is 21.0. The third-order valence-electron chi connectivity index (χ3n) is 4.93. The van der Waals surface area contributed by atoms with Gasteiger partial charge in [0.25, 0.3) is 0 Å². The Kier molecular flexibility index (Phi) is 6.39. The molecule has 0 unspecified atom stereocenters. The van der Waals surface area contributed by atoms with Gasteiger partial charge in [0, 0.05) is 10.7 Å². The van der Waals surface area contributed by atoms with Crippen LogP contribution in [0.25, 0.3) is 10.8 Å². The van der Waals surface area contributed by atoms with Crippen LogP contribution in [-0.2, 0) is 9.59 Å². The number of fused-ring (bicyclic) bond motifs is 1. The lowest BCUT2D eigenvalue weighted by atomic mass is 9.97. The zero-order valence-corrected chi connectivity index (χ0v) is 17.3. The van der Waals surface area contributed by atoms with Crippen molar-refractivity contribution in [3.8, 4) is 5.75 Å². The highest BCUT2D eigenvalue weighted by Gasteiger charge is 2.17. The van der Waals surface area contributed by atoms with Gasteiger partial charge in [-0.3, -0.25) is 9.59 Å². The third kappa shape index (κ3) is 4.87. The molecule has 2 N–H and O–H groups in total. The summed E-state index contributed by atoms with van der Waals surface area (Å²) >= 11 is 6.06. The molecule has 5 nitrogen and oxygen atoms in total. The highest BCUT2D eigenvalue weighted by atomic mass is 35.5. The van der Waals surface area contributed by atoms with E-state index in [2.05, 4.69) is 10.6 Å². The number of amides is 2. The second-order valence-corrected chi connectivity index (χ2v) is 7.28. The molecule has 0 aliphatic heterocycles. The summed E-state index contributed by atoms with van der Waals surface area (Å²) in [5.41, 5.74) is 2.30. The fraction of sp³-hybridized carbons (Fsp3) is 0.217. The van der Waals surface area contributed by atoms with Crippen molar-refractivity contribution in [2.24, 2.45) is 0 Å². The molecule has 0 heterocycles. The van der Waals surface area contributed by atoms with E-state index in [4.69, 9.17) is 16.3 Å². The number of benzene rings is 3. The number of rotatable bonds is 6. The molecule has 3 rings (SSSR count). The molecule has 0 spiro atoms. The molecule has 0 aromatic heterocycles. The molecule has 0 radical (unpaired) electrons. The molecule has 2 amide bonds. The summed E-state index contributed by atoms with van der Waals surface area (Å²) in [6.45, 7) is 3.53. The molecule has 29 heavy (non-hydrogen) atoms. The number of carbonyl (C=O) groups is 2. The van der Waals surface area contributed by atoms with E-state index < -0.39 is 0 Å². The largest absolute Gasteiger partial charge is 0.497 e. The molecule has 0 aliphatic rings. The number of halogens is 1. The quantitative estimate of drug-likeness (QED) is 0.620. The van der Waals surface area contributed by atoms with Crippen LogP contribution in [0.2, 0.25) is 5.02 Å². The monoisotopic (exact) mass is 410 g/mol. The second kappa shape index (κ2) is 8.97. The van der Waals surface area contributed by atoms with Crippen molar-refractivity contribution in [1.82, 2.24) is 5.32 Å². The molecule has 0 bridgehead atoms. The van der Waals surface area contributed by atoms with Crippen molar-refractivity contribution in [2.45, 2.75) is 19.8 Å². The summed E-state index contributed by atoms with van der Waals surface area (Å²) in [6.07, 6.45) is 0. The maximum atomic E-state index is 12.5. The first-order chi connectivity index (χ1) is 13.9. The van der Waals surface area contributed by atoms with Gasteiger partial charge in [0.15, 0.2) is 0 Å². The van der Waals surface area contributed by atoms with Gasteiger partial charge in [-0.25, -0.2) is 0 Å². The molecule has 0 aliphatic carbocycles. The number of anilines is 1. The molecule has 0 saturated heterocycles. The van der Waals surface area contributed by atoms with E-state index in [1.54, 1.807) is 25.3 Å². The first-order valence-electron chi connectivity index (χ1n) is 9.29. The Morgan fingerprint density at radius 2 is 1.79 bits per heavy atom. The second-order valence-electron chi connectivity index (χ2n) is 6.87. The van der Waals surface area contributed by atoms with Crippen molar-refractivity contribution in [3.05, 3.63) is 70.7 Å². The fourth-order valence-electron chi connectivity index (χ4n) is 3.05. The van der Waals surface area contributed by atoms with Crippen LogP contribution in [-0.4, -0.2) is 25.5 Å². The molecule has 0 fully saturated rings. The Morgan fingerprint density at radius 1 is 1.07 bits per heavy atom. The number of ether oxygens (including phenoxy) is 1. The lowest BCUT2D eigenvalue weighted by molar-refractivity contribution is -0.125. The molecule has 6 heteroatoms. The van der Waals surface area contributed by atoms with Crippen molar-refractivity contribution >= 4 is 39.9 Å². The van der Waals surface area contributed by atoms with Crippen LogP contribution in [0.15, 0.2) is 54.6 Å². The van der Waals surface area contributed by atoms with Crippen molar-refractivity contribution < 1.29 is 14.3 Å². The summed E-state index contributed by atoms with van der Waals surface area (Å²) in [5, 5.41) is 8.11. The minimum atomic E-state index is -0.387. The predicted octanol–water partition coefficient (Wildman–Crippen LogP) is 4.67. The maximum Gasteiger partial charge on any atom is 0.243 e. The standard InChI is InChI=1S/C23H23ClN2O3/c1-14(16-7-8-18-12-19(29-3)10-9-17(18)11-16)23(28)25-13-22(27)26-21-6-4-5-20(24)15(21)2/h4-12,14H,13H2,1-3H3,(H,25,28)(H,26,27)/t14-/m0/s1. The first-order valence-corrected chi connectivity index (χ1v) is 9.67. The number of carbonyl (C=O) groups excluding carboxylic acids is 2. The fourth-order valence-corrected chi connectivity index (χ4v) is 3.22. The molecule has 0 saturated carbocycles. The van der Waals surface area contributed by atoms with E-state index >= 15 is 0 Å². The van der Waals surface area contributed by atoms with E-state index in [0.29, 0.717) is 10.7 Å². The van der Waals surface area contributed by atoms with Crippen molar-refractivity contribution in [1.29, 1.82) is 0 Å². The van der Waals surface area contributed by atoms with E-state index in [0.717, 1.165) is 27.6 Å². The van der Waals surface area contributed by atoms with Crippen LogP contribution in [0.3, 0.4) is 0 Å². The number of nitrogens with one attached hydrogen (secondary N) is 2. The summed E-state index contributed by atoms with van der Waals surface area (Å²) < 4.78 is 5.24. The van der Waals surface area contributed by atoms with E-state index in [9.17, 15) is 9.59 Å². The topological polar surface area (TPSA) is 67.4 Å². The predicted molar refractivity (Wildman–Crippen MR) is 117 cm³/mol. The van der Waals surface area contributed by atoms with E-state index in [1.165, 1.54) is 0 Å². The van der Waals surface area contributed by atoms with Gasteiger partial charge in [0.2, 0.25) is 11.8 Å². The molecule has 3 aromatic rings. The molecule has 150 valence electrons. The third-order valence-corrected chi connectivity index (χ3v) is 5.34. The Morgan fingerprint density at radius 3 is 2.55 bits per heavy atom. The molecule has 1 atom stereocenters. The van der Waals surface area contributed by atoms with Gasteiger partial charge in [-0.05, 0) is 60.0 Å². The van der Waals surface area contributed by atoms with Crippen LogP contribution >= 0.6 is 11.6 Å².